The number of hydrogen-bond donors (Lipinski definition) is 1. The summed E-state index contributed by atoms with van der Waals surface area (Å²) in [7, 11) is 0. The van der Waals surface area contributed by atoms with Crippen LogP contribution in [0.15, 0.2) is 12.2 Å². The Balaban J connectivity index is 2.82. The second-order valence-corrected chi connectivity index (χ2v) is 2.20. The summed E-state index contributed by atoms with van der Waals surface area (Å²) in [5.41, 5.74) is 5.26. The molecular formula is C8H17N. The Bertz CT molecular complexity index is 67.0. The maximum Gasteiger partial charge on any atom is 0.0106 e. The number of allylic oxidation sites excluding steroid dienone is 1. The summed E-state index contributed by atoms with van der Waals surface area (Å²) in [6, 6.07) is 0. The van der Waals surface area contributed by atoms with E-state index in [-0.39, 0.29) is 0 Å². The summed E-state index contributed by atoms with van der Waals surface area (Å²) in [5.74, 6) is 0. The largest absolute Gasteiger partial charge is 0.327 e. The van der Waals surface area contributed by atoms with E-state index in [0.29, 0.717) is 6.54 Å². The Labute approximate surface area is 57.9 Å². The summed E-state index contributed by atoms with van der Waals surface area (Å²) < 4.78 is 0. The molecule has 2 N–H and O–H groups in total. The predicted octanol–water partition coefficient (Wildman–Crippen LogP) is 2.08. The molecule has 0 amide bonds. The standard InChI is InChI=1S/C8H17N/c1-2-3-4-5-6-7-8-9/h6-7H,2-5,8-9H2,1H3/b7-6+. The topological polar surface area (TPSA) is 26.0 Å². The fourth-order valence-corrected chi connectivity index (χ4v) is 0.726. The zero-order valence-electron chi connectivity index (χ0n) is 6.27. The average Bonchev–Trinajstić information content (AvgIpc) is 1.89. The molecule has 0 aromatic heterocycles. The highest BCUT2D eigenvalue weighted by Crippen LogP contribution is 1.98. The van der Waals surface area contributed by atoms with Gasteiger partial charge in [0, 0.05) is 6.54 Å². The lowest BCUT2D eigenvalue weighted by Crippen LogP contribution is -1.91. The smallest absolute Gasteiger partial charge is 0.0106 e. The van der Waals surface area contributed by atoms with Crippen LogP contribution >= 0.6 is 0 Å². The highest BCUT2D eigenvalue weighted by molar-refractivity contribution is 4.81. The minimum Gasteiger partial charge on any atom is -0.327 e. The van der Waals surface area contributed by atoms with Gasteiger partial charge in [0.15, 0.2) is 0 Å². The van der Waals surface area contributed by atoms with Gasteiger partial charge in [-0.05, 0) is 12.8 Å². The van der Waals surface area contributed by atoms with Crippen LogP contribution in [0.3, 0.4) is 0 Å². The van der Waals surface area contributed by atoms with Crippen LogP contribution in [0.25, 0.3) is 0 Å². The van der Waals surface area contributed by atoms with E-state index in [1.54, 1.807) is 0 Å². The van der Waals surface area contributed by atoms with E-state index in [2.05, 4.69) is 13.0 Å². The van der Waals surface area contributed by atoms with E-state index in [0.717, 1.165) is 0 Å². The van der Waals surface area contributed by atoms with E-state index < -0.39 is 0 Å². The number of rotatable bonds is 5. The van der Waals surface area contributed by atoms with E-state index in [9.17, 15) is 0 Å². The minimum absolute atomic E-state index is 0.687. The summed E-state index contributed by atoms with van der Waals surface area (Å²) in [6.07, 6.45) is 9.34. The summed E-state index contributed by atoms with van der Waals surface area (Å²) in [5, 5.41) is 0. The van der Waals surface area contributed by atoms with Crippen LogP contribution in [0.1, 0.15) is 32.6 Å². The van der Waals surface area contributed by atoms with Gasteiger partial charge in [0.25, 0.3) is 0 Å². The third kappa shape index (κ3) is 7.70. The minimum atomic E-state index is 0.687. The van der Waals surface area contributed by atoms with Gasteiger partial charge in [-0.1, -0.05) is 31.9 Å². The van der Waals surface area contributed by atoms with Crippen molar-refractivity contribution in [3.63, 3.8) is 0 Å². The van der Waals surface area contributed by atoms with Gasteiger partial charge in [0.05, 0.1) is 0 Å². The van der Waals surface area contributed by atoms with Crippen molar-refractivity contribution in [3.05, 3.63) is 12.2 Å². The lowest BCUT2D eigenvalue weighted by atomic mass is 10.2. The van der Waals surface area contributed by atoms with Gasteiger partial charge in [0.2, 0.25) is 0 Å². The van der Waals surface area contributed by atoms with Gasteiger partial charge in [-0.3, -0.25) is 0 Å². The fraction of sp³-hybridized carbons (Fsp3) is 0.750. The van der Waals surface area contributed by atoms with Gasteiger partial charge >= 0.3 is 0 Å². The third-order valence-electron chi connectivity index (χ3n) is 1.28. The van der Waals surface area contributed by atoms with Crippen LogP contribution < -0.4 is 5.73 Å². The van der Waals surface area contributed by atoms with Crippen LogP contribution in [0.5, 0.6) is 0 Å². The molecule has 0 aliphatic heterocycles. The van der Waals surface area contributed by atoms with Gasteiger partial charge in [-0.2, -0.15) is 0 Å². The van der Waals surface area contributed by atoms with Gasteiger partial charge in [0.1, 0.15) is 0 Å². The summed E-state index contributed by atoms with van der Waals surface area (Å²) >= 11 is 0. The van der Waals surface area contributed by atoms with E-state index >= 15 is 0 Å². The van der Waals surface area contributed by atoms with Gasteiger partial charge < -0.3 is 5.73 Å². The molecule has 0 aliphatic rings. The van der Waals surface area contributed by atoms with Gasteiger partial charge in [-0.15, -0.1) is 0 Å². The second-order valence-electron chi connectivity index (χ2n) is 2.20. The van der Waals surface area contributed by atoms with Crippen LogP contribution in [-0.2, 0) is 0 Å². The molecule has 0 heterocycles. The van der Waals surface area contributed by atoms with Crippen LogP contribution in [0.4, 0.5) is 0 Å². The SMILES string of the molecule is CCCCC/C=C/CN. The first-order chi connectivity index (χ1) is 4.41. The van der Waals surface area contributed by atoms with Crippen molar-refractivity contribution in [3.8, 4) is 0 Å². The molecule has 0 rings (SSSR count). The molecule has 0 unspecified atom stereocenters. The molecule has 0 aromatic carbocycles. The lowest BCUT2D eigenvalue weighted by Gasteiger charge is -1.89. The second kappa shape index (κ2) is 7.70. The van der Waals surface area contributed by atoms with Crippen molar-refractivity contribution >= 4 is 0 Å². The maximum atomic E-state index is 5.26. The van der Waals surface area contributed by atoms with Crippen molar-refractivity contribution in [2.24, 2.45) is 5.73 Å². The molecule has 1 nitrogen and oxygen atoms in total. The first-order valence-corrected chi connectivity index (χ1v) is 3.77. The molecule has 9 heavy (non-hydrogen) atoms. The zero-order valence-corrected chi connectivity index (χ0v) is 6.27. The van der Waals surface area contributed by atoms with Crippen molar-refractivity contribution in [2.75, 3.05) is 6.54 Å². The quantitative estimate of drug-likeness (QED) is 0.444. The maximum absolute atomic E-state index is 5.26. The van der Waals surface area contributed by atoms with Crippen molar-refractivity contribution in [1.82, 2.24) is 0 Å². The van der Waals surface area contributed by atoms with Crippen LogP contribution in [-0.4, -0.2) is 6.54 Å². The molecule has 0 spiro atoms. The number of hydrogen-bond acceptors (Lipinski definition) is 1. The monoisotopic (exact) mass is 127 g/mol. The Kier molecular flexibility index (Phi) is 7.44. The molecule has 0 fully saturated rings. The normalized spacial score (nSPS) is 10.9. The van der Waals surface area contributed by atoms with E-state index in [1.807, 2.05) is 6.08 Å². The molecule has 1 heteroatoms. The first kappa shape index (κ1) is 8.70. The average molecular weight is 127 g/mol. The summed E-state index contributed by atoms with van der Waals surface area (Å²) in [4.78, 5) is 0. The highest BCUT2D eigenvalue weighted by atomic mass is 14.5. The molecule has 0 aromatic rings. The highest BCUT2D eigenvalue weighted by Gasteiger charge is 1.79. The molecule has 0 radical (unpaired) electrons. The first-order valence-electron chi connectivity index (χ1n) is 3.77. The molecule has 0 aliphatic carbocycles. The Morgan fingerprint density at radius 1 is 1.22 bits per heavy atom. The Morgan fingerprint density at radius 3 is 2.56 bits per heavy atom. The molecular weight excluding hydrogens is 110 g/mol. The van der Waals surface area contributed by atoms with Crippen molar-refractivity contribution in [1.29, 1.82) is 0 Å². The number of unbranched alkanes of at least 4 members (excludes halogenated alkanes) is 3. The lowest BCUT2D eigenvalue weighted by molar-refractivity contribution is 0.728. The van der Waals surface area contributed by atoms with Gasteiger partial charge in [-0.25, -0.2) is 0 Å². The van der Waals surface area contributed by atoms with Crippen molar-refractivity contribution in [2.45, 2.75) is 32.6 Å². The van der Waals surface area contributed by atoms with E-state index in [1.165, 1.54) is 25.7 Å². The van der Waals surface area contributed by atoms with Crippen molar-refractivity contribution < 1.29 is 0 Å². The third-order valence-corrected chi connectivity index (χ3v) is 1.28. The van der Waals surface area contributed by atoms with Crippen LogP contribution in [0, 0.1) is 0 Å². The molecule has 0 bridgehead atoms. The Hall–Kier alpha value is -0.300. The Morgan fingerprint density at radius 2 is 2.00 bits per heavy atom. The fourth-order valence-electron chi connectivity index (χ4n) is 0.726. The molecule has 0 saturated carbocycles. The zero-order chi connectivity index (χ0) is 6.95. The molecule has 54 valence electrons. The predicted molar refractivity (Wildman–Crippen MR) is 42.3 cm³/mol. The number of nitrogens with two attached hydrogens (primary N) is 1. The van der Waals surface area contributed by atoms with Crippen LogP contribution in [0.2, 0.25) is 0 Å². The summed E-state index contributed by atoms with van der Waals surface area (Å²) in [6.45, 7) is 2.90. The van der Waals surface area contributed by atoms with E-state index in [4.69, 9.17) is 5.73 Å². The molecule has 0 atom stereocenters. The molecule has 0 saturated heterocycles.